The number of rotatable bonds is 3. The first-order chi connectivity index (χ1) is 7.78. The molecule has 0 atom stereocenters. The van der Waals surface area contributed by atoms with Gasteiger partial charge in [0, 0.05) is 0 Å². The second-order valence-electron chi connectivity index (χ2n) is 3.24. The van der Waals surface area contributed by atoms with Crippen LogP contribution in [0.25, 0.3) is 0 Å². The van der Waals surface area contributed by atoms with E-state index >= 15 is 0 Å². The SMILES string of the molecule is COc1cc(Cl)cc([Se]c2ccccc2)c1. The van der Waals surface area contributed by atoms with Crippen LogP contribution < -0.4 is 13.7 Å². The summed E-state index contributed by atoms with van der Waals surface area (Å²) >= 11 is 6.30. The third-order valence-corrected chi connectivity index (χ3v) is 4.33. The van der Waals surface area contributed by atoms with Crippen LogP contribution in [-0.4, -0.2) is 22.1 Å². The number of benzene rings is 2. The summed E-state index contributed by atoms with van der Waals surface area (Å²) in [7, 11) is 1.66. The molecule has 0 aromatic heterocycles. The van der Waals surface area contributed by atoms with E-state index in [0.29, 0.717) is 0 Å². The van der Waals surface area contributed by atoms with E-state index in [4.69, 9.17) is 16.3 Å². The van der Waals surface area contributed by atoms with Gasteiger partial charge in [-0.2, -0.15) is 0 Å². The molecule has 0 heterocycles. The van der Waals surface area contributed by atoms with Crippen molar-refractivity contribution in [2.24, 2.45) is 0 Å². The molecule has 0 fully saturated rings. The van der Waals surface area contributed by atoms with E-state index in [2.05, 4.69) is 24.3 Å². The predicted octanol–water partition coefficient (Wildman–Crippen LogP) is 2.00. The van der Waals surface area contributed by atoms with Crippen molar-refractivity contribution in [1.29, 1.82) is 0 Å². The summed E-state index contributed by atoms with van der Waals surface area (Å²) in [6, 6.07) is 16.3. The topological polar surface area (TPSA) is 9.23 Å². The van der Waals surface area contributed by atoms with Crippen LogP contribution in [0.5, 0.6) is 5.75 Å². The summed E-state index contributed by atoms with van der Waals surface area (Å²) in [5, 5.41) is 0.729. The normalized spacial score (nSPS) is 10.1. The third-order valence-electron chi connectivity index (χ3n) is 2.06. The molecule has 2 rings (SSSR count). The van der Waals surface area contributed by atoms with Gasteiger partial charge < -0.3 is 0 Å². The maximum atomic E-state index is 6.02. The van der Waals surface area contributed by atoms with Gasteiger partial charge in [-0.05, 0) is 0 Å². The molecule has 0 radical (unpaired) electrons. The molecule has 0 saturated carbocycles. The minimum absolute atomic E-state index is 0.277. The van der Waals surface area contributed by atoms with Gasteiger partial charge in [0.25, 0.3) is 0 Å². The van der Waals surface area contributed by atoms with Crippen molar-refractivity contribution < 1.29 is 4.74 Å². The minimum atomic E-state index is 0.277. The fourth-order valence-electron chi connectivity index (χ4n) is 1.34. The average molecular weight is 298 g/mol. The molecule has 0 aliphatic carbocycles. The average Bonchev–Trinajstić information content (AvgIpc) is 2.29. The first-order valence-corrected chi connectivity index (χ1v) is 6.94. The van der Waals surface area contributed by atoms with E-state index in [9.17, 15) is 0 Å². The van der Waals surface area contributed by atoms with Crippen LogP contribution in [0, 0.1) is 0 Å². The number of halogens is 1. The molecule has 0 aliphatic rings. The van der Waals surface area contributed by atoms with E-state index in [1.54, 1.807) is 7.11 Å². The summed E-state index contributed by atoms with van der Waals surface area (Å²) in [4.78, 5) is 0. The van der Waals surface area contributed by atoms with Gasteiger partial charge >= 0.3 is 107 Å². The Labute approximate surface area is 107 Å². The Bertz CT molecular complexity index is 471. The van der Waals surface area contributed by atoms with Gasteiger partial charge in [0.1, 0.15) is 0 Å². The fraction of sp³-hybridized carbons (Fsp3) is 0.0769. The molecule has 1 nitrogen and oxygen atoms in total. The Morgan fingerprint density at radius 3 is 2.44 bits per heavy atom. The first-order valence-electron chi connectivity index (χ1n) is 4.85. The van der Waals surface area contributed by atoms with Gasteiger partial charge in [0.2, 0.25) is 0 Å². The van der Waals surface area contributed by atoms with Gasteiger partial charge in [-0.3, -0.25) is 0 Å². The zero-order valence-corrected chi connectivity index (χ0v) is 11.3. The van der Waals surface area contributed by atoms with E-state index in [0.717, 1.165) is 10.8 Å². The summed E-state index contributed by atoms with van der Waals surface area (Å²) in [5.41, 5.74) is 0. The van der Waals surface area contributed by atoms with E-state index in [1.165, 1.54) is 8.92 Å². The van der Waals surface area contributed by atoms with Crippen LogP contribution in [0.3, 0.4) is 0 Å². The number of methoxy groups -OCH3 is 1. The molecule has 0 spiro atoms. The van der Waals surface area contributed by atoms with Crippen molar-refractivity contribution in [2.75, 3.05) is 7.11 Å². The Kier molecular flexibility index (Phi) is 3.89. The quantitative estimate of drug-likeness (QED) is 0.788. The van der Waals surface area contributed by atoms with Crippen LogP contribution in [0.2, 0.25) is 5.02 Å². The van der Waals surface area contributed by atoms with Crippen molar-refractivity contribution in [1.82, 2.24) is 0 Å². The maximum absolute atomic E-state index is 6.02. The Hall–Kier alpha value is -0.951. The standard InChI is InChI=1S/C13H11ClOSe/c1-15-11-7-10(14)8-13(9-11)16-12-5-3-2-4-6-12/h2-9H,1H3. The van der Waals surface area contributed by atoms with Crippen LogP contribution in [0.15, 0.2) is 48.5 Å². The summed E-state index contributed by atoms with van der Waals surface area (Å²) in [6.45, 7) is 0. The Morgan fingerprint density at radius 1 is 1.00 bits per heavy atom. The van der Waals surface area contributed by atoms with E-state index in [1.807, 2.05) is 24.3 Å². The summed E-state index contributed by atoms with van der Waals surface area (Å²) in [6.07, 6.45) is 0. The second kappa shape index (κ2) is 5.40. The van der Waals surface area contributed by atoms with E-state index < -0.39 is 0 Å². The van der Waals surface area contributed by atoms with Gasteiger partial charge in [0.15, 0.2) is 0 Å². The van der Waals surface area contributed by atoms with Crippen molar-refractivity contribution in [3.8, 4) is 5.75 Å². The molecule has 0 amide bonds. The summed E-state index contributed by atoms with van der Waals surface area (Å²) < 4.78 is 7.76. The van der Waals surface area contributed by atoms with Crippen molar-refractivity contribution in [3.05, 3.63) is 53.6 Å². The van der Waals surface area contributed by atoms with Crippen LogP contribution in [0.4, 0.5) is 0 Å². The number of ether oxygens (including phenoxy) is 1. The first kappa shape index (κ1) is 11.5. The molecule has 2 aromatic rings. The van der Waals surface area contributed by atoms with Crippen molar-refractivity contribution >= 4 is 35.5 Å². The van der Waals surface area contributed by atoms with Crippen LogP contribution in [0.1, 0.15) is 0 Å². The molecule has 2 aromatic carbocycles. The molecule has 16 heavy (non-hydrogen) atoms. The molecular formula is C13H11ClOSe. The molecule has 0 saturated heterocycles. The zero-order valence-electron chi connectivity index (χ0n) is 8.81. The molecule has 0 bridgehead atoms. The van der Waals surface area contributed by atoms with Gasteiger partial charge in [0.05, 0.1) is 0 Å². The molecular weight excluding hydrogens is 287 g/mol. The van der Waals surface area contributed by atoms with Gasteiger partial charge in [-0.15, -0.1) is 0 Å². The molecule has 3 heteroatoms. The van der Waals surface area contributed by atoms with E-state index in [-0.39, 0.29) is 15.0 Å². The molecule has 0 aliphatic heterocycles. The molecule has 0 unspecified atom stereocenters. The molecule has 0 N–H and O–H groups in total. The Balaban J connectivity index is 2.24. The van der Waals surface area contributed by atoms with Crippen molar-refractivity contribution in [2.45, 2.75) is 0 Å². The molecule has 82 valence electrons. The van der Waals surface area contributed by atoms with Crippen LogP contribution >= 0.6 is 11.6 Å². The van der Waals surface area contributed by atoms with Crippen LogP contribution in [-0.2, 0) is 0 Å². The summed E-state index contributed by atoms with van der Waals surface area (Å²) in [5.74, 6) is 0.820. The predicted molar refractivity (Wildman–Crippen MR) is 69.5 cm³/mol. The number of hydrogen-bond donors (Lipinski definition) is 0. The second-order valence-corrected chi connectivity index (χ2v) is 6.08. The monoisotopic (exact) mass is 298 g/mol. The fourth-order valence-corrected chi connectivity index (χ4v) is 3.65. The van der Waals surface area contributed by atoms with Gasteiger partial charge in [-0.25, -0.2) is 0 Å². The van der Waals surface area contributed by atoms with Crippen molar-refractivity contribution in [3.63, 3.8) is 0 Å². The number of hydrogen-bond acceptors (Lipinski definition) is 1. The zero-order chi connectivity index (χ0) is 11.4. The van der Waals surface area contributed by atoms with Gasteiger partial charge in [-0.1, -0.05) is 0 Å². The third kappa shape index (κ3) is 3.02. The Morgan fingerprint density at radius 2 is 1.75 bits per heavy atom.